The predicted molar refractivity (Wildman–Crippen MR) is 76.0 cm³/mol. The highest BCUT2D eigenvalue weighted by molar-refractivity contribution is 7.85. The monoisotopic (exact) mass is 277 g/mol. The topological polar surface area (TPSA) is 83.5 Å². The lowest BCUT2D eigenvalue weighted by Crippen LogP contribution is -2.13. The molecule has 0 fully saturated rings. The Morgan fingerprint density at radius 2 is 1.72 bits per heavy atom. The van der Waals surface area contributed by atoms with Crippen LogP contribution in [0.2, 0.25) is 0 Å². The SMILES string of the molecule is C=CC(=O)NC.C=CCS(=O)(=O)O.CC=C(C)C. The lowest BCUT2D eigenvalue weighted by molar-refractivity contribution is -0.116. The van der Waals surface area contributed by atoms with Gasteiger partial charge in [-0.25, -0.2) is 0 Å². The number of hydrogen-bond donors (Lipinski definition) is 2. The van der Waals surface area contributed by atoms with Gasteiger partial charge in [0.25, 0.3) is 10.1 Å². The summed E-state index contributed by atoms with van der Waals surface area (Å²) in [6.45, 7) is 12.5. The van der Waals surface area contributed by atoms with Crippen LogP contribution in [0.4, 0.5) is 0 Å². The number of nitrogens with one attached hydrogen (secondary N) is 1. The van der Waals surface area contributed by atoms with E-state index in [0.29, 0.717) is 0 Å². The summed E-state index contributed by atoms with van der Waals surface area (Å²) in [6.07, 6.45) is 4.43. The minimum Gasteiger partial charge on any atom is -0.356 e. The second kappa shape index (κ2) is 13.7. The van der Waals surface area contributed by atoms with Gasteiger partial charge in [0.05, 0.1) is 5.75 Å². The number of carbonyl (C=O) groups excluding carboxylic acids is 1. The van der Waals surface area contributed by atoms with Gasteiger partial charge >= 0.3 is 0 Å². The molecule has 18 heavy (non-hydrogen) atoms. The van der Waals surface area contributed by atoms with E-state index in [2.05, 4.69) is 38.4 Å². The van der Waals surface area contributed by atoms with E-state index in [-0.39, 0.29) is 11.7 Å². The van der Waals surface area contributed by atoms with Crippen LogP contribution in [0, 0.1) is 0 Å². The molecule has 0 heterocycles. The second-order valence-corrected chi connectivity index (χ2v) is 4.72. The van der Waals surface area contributed by atoms with Gasteiger partial charge in [0.2, 0.25) is 5.91 Å². The molecule has 106 valence electrons. The first-order chi connectivity index (χ1) is 8.14. The predicted octanol–water partition coefficient (Wildman–Crippen LogP) is 1.95. The molecule has 0 aromatic heterocycles. The van der Waals surface area contributed by atoms with Crippen molar-refractivity contribution in [1.29, 1.82) is 0 Å². The Bertz CT molecular complexity index is 366. The zero-order valence-corrected chi connectivity index (χ0v) is 12.3. The van der Waals surface area contributed by atoms with Gasteiger partial charge in [-0.05, 0) is 26.8 Å². The molecule has 6 heteroatoms. The van der Waals surface area contributed by atoms with Crippen LogP contribution >= 0.6 is 0 Å². The number of carbonyl (C=O) groups is 1. The van der Waals surface area contributed by atoms with E-state index in [4.69, 9.17) is 4.55 Å². The smallest absolute Gasteiger partial charge is 0.268 e. The fraction of sp³-hybridized carbons (Fsp3) is 0.417. The molecule has 0 unspecified atom stereocenters. The van der Waals surface area contributed by atoms with E-state index in [9.17, 15) is 13.2 Å². The number of likely N-dealkylation sites (N-methyl/N-ethyl adjacent to an activating group) is 1. The van der Waals surface area contributed by atoms with Gasteiger partial charge in [-0.3, -0.25) is 9.35 Å². The van der Waals surface area contributed by atoms with Gasteiger partial charge in [-0.1, -0.05) is 24.3 Å². The molecule has 0 aliphatic carbocycles. The molecule has 0 atom stereocenters. The summed E-state index contributed by atoms with van der Waals surface area (Å²) in [5.41, 5.74) is 1.38. The lowest BCUT2D eigenvalue weighted by atomic mass is 10.3. The highest BCUT2D eigenvalue weighted by atomic mass is 32.2. The Hall–Kier alpha value is -1.40. The van der Waals surface area contributed by atoms with Crippen LogP contribution in [0.25, 0.3) is 0 Å². The zero-order valence-electron chi connectivity index (χ0n) is 11.4. The average Bonchev–Trinajstić information content (AvgIpc) is 2.28. The molecule has 0 aromatic carbocycles. The normalized spacial score (nSPS) is 8.50. The van der Waals surface area contributed by atoms with Crippen LogP contribution in [0.15, 0.2) is 37.0 Å². The third-order valence-electron chi connectivity index (χ3n) is 1.34. The standard InChI is InChI=1S/C5H10.C4H7NO.C3H6O3S/c1-4-5(2)3;1-3-4(6)5-2;1-2-3-7(4,5)6/h4H,1-3H3;3H,1H2,2H3,(H,5,6);2H,1,3H2,(H,4,5,6). The minimum atomic E-state index is -3.79. The van der Waals surface area contributed by atoms with Crippen molar-refractivity contribution in [2.24, 2.45) is 0 Å². The van der Waals surface area contributed by atoms with Crippen molar-refractivity contribution in [3.63, 3.8) is 0 Å². The first-order valence-corrected chi connectivity index (χ1v) is 6.75. The maximum atomic E-state index is 9.95. The summed E-state index contributed by atoms with van der Waals surface area (Å²) in [5, 5.41) is 2.36. The molecule has 1 amide bonds. The van der Waals surface area contributed by atoms with Crippen molar-refractivity contribution in [2.75, 3.05) is 12.8 Å². The molecule has 0 aliphatic heterocycles. The number of allylic oxidation sites excluding steroid dienone is 2. The quantitative estimate of drug-likeness (QED) is 0.469. The Labute approximate surface area is 110 Å². The van der Waals surface area contributed by atoms with Gasteiger partial charge < -0.3 is 5.32 Å². The maximum absolute atomic E-state index is 9.95. The molecule has 0 saturated carbocycles. The van der Waals surface area contributed by atoms with E-state index in [1.54, 1.807) is 7.05 Å². The summed E-state index contributed by atoms with van der Waals surface area (Å²) in [5.74, 6) is -0.512. The third kappa shape index (κ3) is 36.5. The summed E-state index contributed by atoms with van der Waals surface area (Å²) in [7, 11) is -2.23. The van der Waals surface area contributed by atoms with Crippen LogP contribution < -0.4 is 5.32 Å². The summed E-state index contributed by atoms with van der Waals surface area (Å²) >= 11 is 0. The number of hydrogen-bond acceptors (Lipinski definition) is 3. The van der Waals surface area contributed by atoms with E-state index < -0.39 is 10.1 Å². The average molecular weight is 277 g/mol. The number of rotatable bonds is 3. The Morgan fingerprint density at radius 1 is 1.33 bits per heavy atom. The Kier molecular flexibility index (Phi) is 16.6. The van der Waals surface area contributed by atoms with Gasteiger partial charge in [0, 0.05) is 7.05 Å². The van der Waals surface area contributed by atoms with Crippen molar-refractivity contribution in [3.8, 4) is 0 Å². The van der Waals surface area contributed by atoms with Crippen molar-refractivity contribution >= 4 is 16.0 Å². The molecule has 0 rings (SSSR count). The Balaban J connectivity index is -0.000000190. The molecule has 0 aromatic rings. The molecule has 0 saturated heterocycles. The first kappa shape index (κ1) is 21.8. The summed E-state index contributed by atoms with van der Waals surface area (Å²) in [4.78, 5) is 9.95. The highest BCUT2D eigenvalue weighted by Crippen LogP contribution is 1.82. The van der Waals surface area contributed by atoms with E-state index in [0.717, 1.165) is 6.08 Å². The molecular weight excluding hydrogens is 254 g/mol. The van der Waals surface area contributed by atoms with Crippen molar-refractivity contribution in [1.82, 2.24) is 5.32 Å². The van der Waals surface area contributed by atoms with Crippen molar-refractivity contribution < 1.29 is 17.8 Å². The van der Waals surface area contributed by atoms with Crippen molar-refractivity contribution in [2.45, 2.75) is 20.8 Å². The fourth-order valence-corrected chi connectivity index (χ4v) is 0.549. The maximum Gasteiger partial charge on any atom is 0.268 e. The highest BCUT2D eigenvalue weighted by Gasteiger charge is 1.95. The van der Waals surface area contributed by atoms with Crippen LogP contribution in [-0.2, 0) is 14.9 Å². The minimum absolute atomic E-state index is 0.144. The van der Waals surface area contributed by atoms with Crippen LogP contribution in [-0.4, -0.2) is 31.7 Å². The lowest BCUT2D eigenvalue weighted by Gasteiger charge is -1.82. The van der Waals surface area contributed by atoms with Crippen LogP contribution in [0.5, 0.6) is 0 Å². The van der Waals surface area contributed by atoms with Gasteiger partial charge in [0.1, 0.15) is 0 Å². The van der Waals surface area contributed by atoms with Gasteiger partial charge in [-0.2, -0.15) is 8.42 Å². The largest absolute Gasteiger partial charge is 0.356 e. The zero-order chi connectivity index (χ0) is 15.2. The summed E-state index contributed by atoms with van der Waals surface area (Å²) < 4.78 is 27.3. The molecular formula is C12H23NO4S. The number of amides is 1. The molecule has 0 radical (unpaired) electrons. The van der Waals surface area contributed by atoms with E-state index >= 15 is 0 Å². The first-order valence-electron chi connectivity index (χ1n) is 5.14. The molecule has 2 N–H and O–H groups in total. The molecule has 0 spiro atoms. The van der Waals surface area contributed by atoms with Crippen LogP contribution in [0.1, 0.15) is 20.8 Å². The van der Waals surface area contributed by atoms with Gasteiger partial charge in [-0.15, -0.1) is 6.58 Å². The molecule has 0 aliphatic rings. The van der Waals surface area contributed by atoms with Crippen molar-refractivity contribution in [3.05, 3.63) is 37.0 Å². The fourth-order valence-electron chi connectivity index (χ4n) is 0.251. The van der Waals surface area contributed by atoms with E-state index in [1.165, 1.54) is 11.6 Å². The Morgan fingerprint density at radius 3 is 1.72 bits per heavy atom. The molecule has 0 bridgehead atoms. The van der Waals surface area contributed by atoms with Crippen LogP contribution in [0.3, 0.4) is 0 Å². The second-order valence-electron chi connectivity index (χ2n) is 3.22. The van der Waals surface area contributed by atoms with E-state index in [1.807, 2.05) is 6.92 Å². The molecule has 5 nitrogen and oxygen atoms in total. The summed E-state index contributed by atoms with van der Waals surface area (Å²) in [6, 6.07) is 0. The third-order valence-corrected chi connectivity index (χ3v) is 1.99. The van der Waals surface area contributed by atoms with Gasteiger partial charge in [0.15, 0.2) is 0 Å².